The second-order valence-corrected chi connectivity index (χ2v) is 4.74. The van der Waals surface area contributed by atoms with Crippen LogP contribution in [0.25, 0.3) is 0 Å². The van der Waals surface area contributed by atoms with E-state index in [-0.39, 0.29) is 5.11 Å². The molecule has 0 fully saturated rings. The largest absolute Gasteiger partial charge is 0.497 e. The zero-order valence-corrected chi connectivity index (χ0v) is 13.0. The fraction of sp³-hybridized carbons (Fsp3) is 0.0667. The molecule has 0 saturated carbocycles. The minimum atomic E-state index is -0.417. The molecule has 0 radical (unpaired) electrons. The van der Waals surface area contributed by atoms with Gasteiger partial charge in [0.05, 0.1) is 7.11 Å². The second kappa shape index (κ2) is 7.85. The van der Waals surface area contributed by atoms with Gasteiger partial charge in [-0.05, 0) is 42.5 Å². The molecule has 23 heavy (non-hydrogen) atoms. The first kappa shape index (κ1) is 16.4. The molecule has 2 rings (SSSR count). The van der Waals surface area contributed by atoms with Gasteiger partial charge >= 0.3 is 0 Å². The Morgan fingerprint density at radius 3 is 2.48 bits per heavy atom. The third kappa shape index (κ3) is 4.75. The number of benzene rings is 1. The van der Waals surface area contributed by atoms with E-state index in [0.717, 1.165) is 0 Å². The summed E-state index contributed by atoms with van der Waals surface area (Å²) in [6.45, 7) is 0. The third-order valence-electron chi connectivity index (χ3n) is 2.79. The van der Waals surface area contributed by atoms with Crippen molar-refractivity contribution < 1.29 is 14.3 Å². The predicted molar refractivity (Wildman–Crippen MR) is 87.9 cm³/mol. The number of amides is 2. The lowest BCUT2D eigenvalue weighted by Crippen LogP contribution is -2.48. The Balaban J connectivity index is 1.87. The van der Waals surface area contributed by atoms with Gasteiger partial charge in [-0.1, -0.05) is 6.07 Å². The highest BCUT2D eigenvalue weighted by Crippen LogP contribution is 2.12. The van der Waals surface area contributed by atoms with E-state index in [9.17, 15) is 9.59 Å². The standard InChI is InChI=1S/C15H14N4O3S/c1-22-12-4-2-3-11(9-12)13(20)17-15(23)19-18-14(21)10-5-7-16-8-6-10/h2-9H,1H3,(H,18,21)(H2,17,19,20,23). The van der Waals surface area contributed by atoms with Crippen LogP contribution in [0.3, 0.4) is 0 Å². The maximum absolute atomic E-state index is 12.0. The van der Waals surface area contributed by atoms with Crippen molar-refractivity contribution in [3.8, 4) is 5.75 Å². The summed E-state index contributed by atoms with van der Waals surface area (Å²) in [5.41, 5.74) is 5.63. The zero-order valence-electron chi connectivity index (χ0n) is 12.2. The Kier molecular flexibility index (Phi) is 5.59. The molecule has 1 heterocycles. The molecule has 0 spiro atoms. The van der Waals surface area contributed by atoms with Gasteiger partial charge in [0.2, 0.25) is 0 Å². The fourth-order valence-corrected chi connectivity index (χ4v) is 1.80. The van der Waals surface area contributed by atoms with Crippen LogP contribution in [0.15, 0.2) is 48.8 Å². The smallest absolute Gasteiger partial charge is 0.269 e. The van der Waals surface area contributed by atoms with Gasteiger partial charge in [-0.3, -0.25) is 30.7 Å². The van der Waals surface area contributed by atoms with Gasteiger partial charge in [0.15, 0.2) is 5.11 Å². The number of nitrogens with zero attached hydrogens (tertiary/aromatic N) is 1. The van der Waals surface area contributed by atoms with Gasteiger partial charge in [0.1, 0.15) is 5.75 Å². The Morgan fingerprint density at radius 1 is 1.04 bits per heavy atom. The average Bonchev–Trinajstić information content (AvgIpc) is 2.60. The minimum absolute atomic E-state index is 0.0276. The molecule has 3 N–H and O–H groups in total. The van der Waals surface area contributed by atoms with Crippen molar-refractivity contribution in [1.82, 2.24) is 21.2 Å². The van der Waals surface area contributed by atoms with Crippen LogP contribution in [-0.2, 0) is 0 Å². The summed E-state index contributed by atoms with van der Waals surface area (Å²) < 4.78 is 5.05. The van der Waals surface area contributed by atoms with Crippen molar-refractivity contribution in [1.29, 1.82) is 0 Å². The van der Waals surface area contributed by atoms with Crippen molar-refractivity contribution in [2.45, 2.75) is 0 Å². The highest BCUT2D eigenvalue weighted by molar-refractivity contribution is 7.80. The molecule has 1 aromatic heterocycles. The molecule has 118 valence electrons. The maximum Gasteiger partial charge on any atom is 0.269 e. The molecular weight excluding hydrogens is 316 g/mol. The monoisotopic (exact) mass is 330 g/mol. The average molecular weight is 330 g/mol. The Morgan fingerprint density at radius 2 is 1.78 bits per heavy atom. The molecule has 0 saturated heterocycles. The fourth-order valence-electron chi connectivity index (χ4n) is 1.66. The number of methoxy groups -OCH3 is 1. The Labute approximate surface area is 138 Å². The van der Waals surface area contributed by atoms with Gasteiger partial charge in [-0.15, -0.1) is 0 Å². The van der Waals surface area contributed by atoms with Crippen molar-refractivity contribution >= 4 is 29.1 Å². The zero-order chi connectivity index (χ0) is 16.7. The first-order valence-electron chi connectivity index (χ1n) is 6.56. The SMILES string of the molecule is COc1cccc(C(=O)NC(=S)NNC(=O)c2ccncc2)c1. The number of hydrazine groups is 1. The number of rotatable bonds is 3. The summed E-state index contributed by atoms with van der Waals surface area (Å²) in [6.07, 6.45) is 3.00. The van der Waals surface area contributed by atoms with E-state index < -0.39 is 11.8 Å². The number of carbonyl (C=O) groups excluding carboxylic acids is 2. The molecule has 0 aliphatic rings. The molecule has 2 aromatic rings. The summed E-state index contributed by atoms with van der Waals surface area (Å²) in [5, 5.41) is 2.43. The van der Waals surface area contributed by atoms with Gasteiger partial charge in [0, 0.05) is 23.5 Å². The van der Waals surface area contributed by atoms with Gasteiger partial charge < -0.3 is 4.74 Å². The second-order valence-electron chi connectivity index (χ2n) is 4.33. The summed E-state index contributed by atoms with van der Waals surface area (Å²) >= 11 is 4.96. The number of nitrogens with one attached hydrogen (secondary N) is 3. The van der Waals surface area contributed by atoms with Gasteiger partial charge in [0.25, 0.3) is 11.8 Å². The molecule has 8 heteroatoms. The summed E-state index contributed by atoms with van der Waals surface area (Å²) in [6, 6.07) is 9.71. The number of aromatic nitrogens is 1. The molecule has 0 aliphatic carbocycles. The number of pyridine rings is 1. The Bertz CT molecular complexity index is 722. The lowest BCUT2D eigenvalue weighted by atomic mass is 10.2. The van der Waals surface area contributed by atoms with E-state index in [1.165, 1.54) is 19.5 Å². The van der Waals surface area contributed by atoms with Crippen LogP contribution in [-0.4, -0.2) is 29.0 Å². The summed E-state index contributed by atoms with van der Waals surface area (Å²) in [7, 11) is 1.51. The lowest BCUT2D eigenvalue weighted by molar-refractivity contribution is 0.0934. The van der Waals surface area contributed by atoms with Gasteiger partial charge in [-0.25, -0.2) is 0 Å². The van der Waals surface area contributed by atoms with Crippen LogP contribution in [0.2, 0.25) is 0 Å². The summed E-state index contributed by atoms with van der Waals surface area (Å²) in [4.78, 5) is 27.6. The maximum atomic E-state index is 12.0. The van der Waals surface area contributed by atoms with Crippen molar-refractivity contribution in [3.63, 3.8) is 0 Å². The van der Waals surface area contributed by atoms with Crippen molar-refractivity contribution in [2.75, 3.05) is 7.11 Å². The highest BCUT2D eigenvalue weighted by Gasteiger charge is 2.10. The minimum Gasteiger partial charge on any atom is -0.497 e. The number of hydrogen-bond donors (Lipinski definition) is 3. The number of ether oxygens (including phenoxy) is 1. The normalized spacial score (nSPS) is 9.61. The third-order valence-corrected chi connectivity index (χ3v) is 3.00. The predicted octanol–water partition coefficient (Wildman–Crippen LogP) is 1.04. The van der Waals surface area contributed by atoms with Crippen LogP contribution in [0.5, 0.6) is 5.75 Å². The Hall–Kier alpha value is -3.00. The van der Waals surface area contributed by atoms with Crippen molar-refractivity contribution in [2.24, 2.45) is 0 Å². The first-order valence-corrected chi connectivity index (χ1v) is 6.96. The number of thiocarbonyl (C=S) groups is 1. The van der Waals surface area contributed by atoms with Gasteiger partial charge in [-0.2, -0.15) is 0 Å². The van der Waals surface area contributed by atoms with Crippen LogP contribution < -0.4 is 20.9 Å². The molecule has 0 unspecified atom stereocenters. The van der Waals surface area contributed by atoms with E-state index in [0.29, 0.717) is 16.9 Å². The molecule has 1 aromatic carbocycles. The molecular formula is C15H14N4O3S. The van der Waals surface area contributed by atoms with E-state index in [1.807, 2.05) is 0 Å². The van der Waals surface area contributed by atoms with Crippen LogP contribution in [0.1, 0.15) is 20.7 Å². The first-order chi connectivity index (χ1) is 11.1. The topological polar surface area (TPSA) is 92.4 Å². The lowest BCUT2D eigenvalue weighted by Gasteiger charge is -2.11. The van der Waals surface area contributed by atoms with Crippen LogP contribution >= 0.6 is 12.2 Å². The highest BCUT2D eigenvalue weighted by atomic mass is 32.1. The van der Waals surface area contributed by atoms with E-state index in [2.05, 4.69) is 21.2 Å². The van der Waals surface area contributed by atoms with E-state index in [1.54, 1.807) is 36.4 Å². The van der Waals surface area contributed by atoms with Crippen LogP contribution in [0, 0.1) is 0 Å². The van der Waals surface area contributed by atoms with Crippen LogP contribution in [0.4, 0.5) is 0 Å². The molecule has 0 atom stereocenters. The quantitative estimate of drug-likeness (QED) is 0.575. The molecule has 2 amide bonds. The van der Waals surface area contributed by atoms with E-state index >= 15 is 0 Å². The molecule has 0 bridgehead atoms. The molecule has 7 nitrogen and oxygen atoms in total. The number of hydrogen-bond acceptors (Lipinski definition) is 5. The van der Waals surface area contributed by atoms with Crippen molar-refractivity contribution in [3.05, 3.63) is 59.9 Å². The summed E-state index contributed by atoms with van der Waals surface area (Å²) in [5.74, 6) is -0.257. The molecule has 0 aliphatic heterocycles. The van der Waals surface area contributed by atoms with E-state index in [4.69, 9.17) is 17.0 Å². The number of carbonyl (C=O) groups is 2.